The van der Waals surface area contributed by atoms with Crippen LogP contribution in [0.1, 0.15) is 12.8 Å². The summed E-state index contributed by atoms with van der Waals surface area (Å²) >= 11 is 0. The minimum absolute atomic E-state index is 0.166. The number of carboxylic acid groups (broad SMARTS) is 1. The SMILES string of the molecule is COC(C[C@@H](O)CC(=O)O)OC. The van der Waals surface area contributed by atoms with Crippen molar-refractivity contribution in [2.24, 2.45) is 0 Å². The van der Waals surface area contributed by atoms with E-state index in [0.29, 0.717) is 0 Å². The van der Waals surface area contributed by atoms with Crippen molar-refractivity contribution in [2.75, 3.05) is 14.2 Å². The number of hydrogen-bond acceptors (Lipinski definition) is 4. The molecule has 5 nitrogen and oxygen atoms in total. The van der Waals surface area contributed by atoms with Gasteiger partial charge < -0.3 is 19.7 Å². The van der Waals surface area contributed by atoms with E-state index < -0.39 is 18.4 Å². The Morgan fingerprint density at radius 2 is 1.92 bits per heavy atom. The summed E-state index contributed by atoms with van der Waals surface area (Å²) in [5, 5.41) is 17.4. The third kappa shape index (κ3) is 5.06. The lowest BCUT2D eigenvalue weighted by molar-refractivity contribution is -0.144. The molecule has 0 fully saturated rings. The first kappa shape index (κ1) is 11.4. The average molecular weight is 178 g/mol. The van der Waals surface area contributed by atoms with Gasteiger partial charge in [-0.2, -0.15) is 0 Å². The third-order valence-corrected chi connectivity index (χ3v) is 1.40. The molecule has 0 aliphatic rings. The summed E-state index contributed by atoms with van der Waals surface area (Å²) in [7, 11) is 2.86. The first-order valence-electron chi connectivity index (χ1n) is 3.55. The molecule has 0 unspecified atom stereocenters. The number of hydrogen-bond donors (Lipinski definition) is 2. The number of rotatable bonds is 6. The Morgan fingerprint density at radius 1 is 1.42 bits per heavy atom. The Bertz CT molecular complexity index is 132. The molecule has 12 heavy (non-hydrogen) atoms. The topological polar surface area (TPSA) is 76.0 Å². The van der Waals surface area contributed by atoms with Gasteiger partial charge in [-0.15, -0.1) is 0 Å². The molecule has 0 aromatic carbocycles. The van der Waals surface area contributed by atoms with Crippen LogP contribution in [-0.4, -0.2) is 42.8 Å². The number of aliphatic hydroxyl groups is 1. The van der Waals surface area contributed by atoms with Gasteiger partial charge in [0.15, 0.2) is 6.29 Å². The highest BCUT2D eigenvalue weighted by atomic mass is 16.7. The molecule has 0 bridgehead atoms. The van der Waals surface area contributed by atoms with Crippen molar-refractivity contribution in [3.8, 4) is 0 Å². The van der Waals surface area contributed by atoms with Crippen molar-refractivity contribution in [3.05, 3.63) is 0 Å². The van der Waals surface area contributed by atoms with Crippen LogP contribution in [0.5, 0.6) is 0 Å². The summed E-state index contributed by atoms with van der Waals surface area (Å²) in [6.45, 7) is 0. The van der Waals surface area contributed by atoms with Crippen molar-refractivity contribution in [1.82, 2.24) is 0 Å². The molecule has 5 heteroatoms. The van der Waals surface area contributed by atoms with Crippen molar-refractivity contribution in [3.63, 3.8) is 0 Å². The standard InChI is InChI=1S/C7H14O5/c1-11-7(12-2)4-5(8)3-6(9)10/h5,7-8H,3-4H2,1-2H3,(H,9,10)/t5-/m0/s1. The van der Waals surface area contributed by atoms with E-state index in [2.05, 4.69) is 0 Å². The van der Waals surface area contributed by atoms with Crippen LogP contribution in [-0.2, 0) is 14.3 Å². The fraction of sp³-hybridized carbons (Fsp3) is 0.857. The molecule has 1 atom stereocenters. The van der Waals surface area contributed by atoms with E-state index in [1.54, 1.807) is 0 Å². The van der Waals surface area contributed by atoms with Crippen molar-refractivity contribution >= 4 is 5.97 Å². The quantitative estimate of drug-likeness (QED) is 0.552. The van der Waals surface area contributed by atoms with E-state index in [0.717, 1.165) is 0 Å². The lowest BCUT2D eigenvalue weighted by Gasteiger charge is -2.15. The van der Waals surface area contributed by atoms with Crippen LogP contribution >= 0.6 is 0 Å². The van der Waals surface area contributed by atoms with Gasteiger partial charge in [-0.1, -0.05) is 0 Å². The van der Waals surface area contributed by atoms with E-state index >= 15 is 0 Å². The van der Waals surface area contributed by atoms with Crippen LogP contribution in [0.3, 0.4) is 0 Å². The highest BCUT2D eigenvalue weighted by molar-refractivity contribution is 5.67. The molecule has 0 radical (unpaired) electrons. The second-order valence-electron chi connectivity index (χ2n) is 2.39. The molecule has 0 saturated heterocycles. The van der Waals surface area contributed by atoms with Crippen molar-refractivity contribution in [1.29, 1.82) is 0 Å². The molecule has 2 N–H and O–H groups in total. The molecule has 0 heterocycles. The number of methoxy groups -OCH3 is 2. The maximum absolute atomic E-state index is 10.1. The monoisotopic (exact) mass is 178 g/mol. The van der Waals surface area contributed by atoms with E-state index in [4.69, 9.17) is 19.7 Å². The third-order valence-electron chi connectivity index (χ3n) is 1.40. The Labute approximate surface area is 70.9 Å². The molecular weight excluding hydrogens is 164 g/mol. The van der Waals surface area contributed by atoms with E-state index in [1.807, 2.05) is 0 Å². The number of aliphatic carboxylic acids is 1. The Morgan fingerprint density at radius 3 is 2.25 bits per heavy atom. The molecule has 0 rings (SSSR count). The molecular formula is C7H14O5. The number of carboxylic acids is 1. The maximum Gasteiger partial charge on any atom is 0.305 e. The van der Waals surface area contributed by atoms with Gasteiger partial charge in [0.2, 0.25) is 0 Å². The molecule has 0 aromatic rings. The van der Waals surface area contributed by atoms with Gasteiger partial charge in [0.25, 0.3) is 0 Å². The maximum atomic E-state index is 10.1. The second-order valence-corrected chi connectivity index (χ2v) is 2.39. The highest BCUT2D eigenvalue weighted by Crippen LogP contribution is 2.05. The van der Waals surface area contributed by atoms with Crippen molar-refractivity contribution in [2.45, 2.75) is 25.2 Å². The fourth-order valence-corrected chi connectivity index (χ4v) is 0.796. The zero-order valence-corrected chi connectivity index (χ0v) is 7.19. The van der Waals surface area contributed by atoms with Crippen LogP contribution in [0.4, 0.5) is 0 Å². The predicted molar refractivity (Wildman–Crippen MR) is 40.7 cm³/mol. The minimum atomic E-state index is -1.03. The second kappa shape index (κ2) is 5.93. The van der Waals surface area contributed by atoms with Crippen molar-refractivity contribution < 1.29 is 24.5 Å². The van der Waals surface area contributed by atoms with Crippen LogP contribution < -0.4 is 0 Å². The summed E-state index contributed by atoms with van der Waals surface area (Å²) in [5.74, 6) is -1.03. The van der Waals surface area contributed by atoms with E-state index in [-0.39, 0.29) is 12.8 Å². The Hall–Kier alpha value is -0.650. The molecule has 0 saturated carbocycles. The van der Waals surface area contributed by atoms with Gasteiger partial charge in [0, 0.05) is 20.6 Å². The number of ether oxygens (including phenoxy) is 2. The highest BCUT2D eigenvalue weighted by Gasteiger charge is 2.15. The molecule has 72 valence electrons. The van der Waals surface area contributed by atoms with Gasteiger partial charge in [0.05, 0.1) is 12.5 Å². The largest absolute Gasteiger partial charge is 0.481 e. The molecule has 0 aromatic heterocycles. The van der Waals surface area contributed by atoms with Gasteiger partial charge in [-0.3, -0.25) is 4.79 Å². The summed E-state index contributed by atoms with van der Waals surface area (Å²) in [6, 6.07) is 0. The lowest BCUT2D eigenvalue weighted by Crippen LogP contribution is -2.23. The molecule has 0 amide bonds. The first-order valence-corrected chi connectivity index (χ1v) is 3.55. The van der Waals surface area contributed by atoms with Gasteiger partial charge in [-0.25, -0.2) is 0 Å². The smallest absolute Gasteiger partial charge is 0.305 e. The molecule has 0 spiro atoms. The van der Waals surface area contributed by atoms with Gasteiger partial charge in [0.1, 0.15) is 0 Å². The average Bonchev–Trinajstić information content (AvgIpc) is 1.98. The summed E-state index contributed by atoms with van der Waals surface area (Å²) in [6.07, 6.45) is -1.59. The fourth-order valence-electron chi connectivity index (χ4n) is 0.796. The van der Waals surface area contributed by atoms with E-state index in [1.165, 1.54) is 14.2 Å². The Kier molecular flexibility index (Phi) is 5.61. The van der Waals surface area contributed by atoms with Crippen LogP contribution in [0.2, 0.25) is 0 Å². The van der Waals surface area contributed by atoms with Gasteiger partial charge >= 0.3 is 5.97 Å². The zero-order valence-electron chi connectivity index (χ0n) is 7.19. The summed E-state index contributed by atoms with van der Waals surface area (Å²) in [5.41, 5.74) is 0. The zero-order chi connectivity index (χ0) is 9.56. The molecule has 0 aliphatic heterocycles. The van der Waals surface area contributed by atoms with Crippen LogP contribution in [0.25, 0.3) is 0 Å². The number of carbonyl (C=O) groups is 1. The van der Waals surface area contributed by atoms with Crippen LogP contribution in [0.15, 0.2) is 0 Å². The van der Waals surface area contributed by atoms with E-state index in [9.17, 15) is 4.79 Å². The first-order chi connectivity index (χ1) is 5.60. The Balaban J connectivity index is 3.65. The summed E-state index contributed by atoms with van der Waals surface area (Å²) in [4.78, 5) is 10.1. The van der Waals surface area contributed by atoms with Crippen LogP contribution in [0, 0.1) is 0 Å². The lowest BCUT2D eigenvalue weighted by atomic mass is 10.2. The number of aliphatic hydroxyl groups excluding tert-OH is 1. The molecule has 0 aliphatic carbocycles. The van der Waals surface area contributed by atoms with Gasteiger partial charge in [-0.05, 0) is 0 Å². The summed E-state index contributed by atoms with van der Waals surface area (Å²) < 4.78 is 9.55. The predicted octanol–water partition coefficient (Wildman–Crippen LogP) is -0.169. The minimum Gasteiger partial charge on any atom is -0.481 e. The normalized spacial score (nSPS) is 13.3.